The number of benzene rings is 1. The van der Waals surface area contributed by atoms with Crippen LogP contribution in [-0.2, 0) is 21.2 Å². The number of piperidine rings is 1. The largest absolute Gasteiger partial charge is 0.487 e. The van der Waals surface area contributed by atoms with Crippen LogP contribution in [0.1, 0.15) is 67.3 Å². The molecule has 28 heavy (non-hydrogen) atoms. The van der Waals surface area contributed by atoms with Gasteiger partial charge in [-0.15, -0.1) is 0 Å². The maximum absolute atomic E-state index is 13.0. The van der Waals surface area contributed by atoms with Crippen LogP contribution in [0.4, 0.5) is 0 Å². The maximum atomic E-state index is 13.0. The standard InChI is InChI=1S/C21H29NO5S/c1-26-20(23)17-7-8-19-16(15-17)9-10-21(27-19)11-13-22(14-12-21)28(24,25)18-5-3-2-4-6-18/h7-8,15,18H,2-6,9-14H2,1H3. The van der Waals surface area contributed by atoms with Gasteiger partial charge in [0.05, 0.1) is 17.9 Å². The number of hydrogen-bond donors (Lipinski definition) is 0. The molecule has 2 aliphatic heterocycles. The lowest BCUT2D eigenvalue weighted by Crippen LogP contribution is -2.52. The third-order valence-electron chi connectivity index (χ3n) is 6.62. The molecule has 6 nitrogen and oxygen atoms in total. The fourth-order valence-electron chi connectivity index (χ4n) is 4.84. The van der Waals surface area contributed by atoms with Gasteiger partial charge in [-0.3, -0.25) is 0 Å². The summed E-state index contributed by atoms with van der Waals surface area (Å²) < 4.78 is 38.8. The summed E-state index contributed by atoms with van der Waals surface area (Å²) in [7, 11) is -1.82. The Hall–Kier alpha value is -1.60. The molecule has 0 amide bonds. The minimum atomic E-state index is -3.19. The third kappa shape index (κ3) is 3.66. The summed E-state index contributed by atoms with van der Waals surface area (Å²) in [5.41, 5.74) is 1.26. The summed E-state index contributed by atoms with van der Waals surface area (Å²) in [5.74, 6) is 0.465. The lowest BCUT2D eigenvalue weighted by Gasteiger charge is -2.45. The number of hydrogen-bond acceptors (Lipinski definition) is 5. The summed E-state index contributed by atoms with van der Waals surface area (Å²) in [5, 5.41) is -0.194. The first-order valence-corrected chi connectivity index (χ1v) is 11.8. The molecule has 7 heteroatoms. The van der Waals surface area contributed by atoms with E-state index in [1.807, 2.05) is 12.1 Å². The first kappa shape index (κ1) is 19.7. The minimum absolute atomic E-state index is 0.194. The second-order valence-electron chi connectivity index (χ2n) is 8.30. The van der Waals surface area contributed by atoms with E-state index >= 15 is 0 Å². The molecule has 3 aliphatic rings. The molecule has 1 spiro atoms. The van der Waals surface area contributed by atoms with Crippen LogP contribution < -0.4 is 4.74 Å². The molecular weight excluding hydrogens is 378 g/mol. The van der Waals surface area contributed by atoms with E-state index in [0.717, 1.165) is 69.1 Å². The number of esters is 1. The van der Waals surface area contributed by atoms with Gasteiger partial charge in [-0.1, -0.05) is 19.3 Å². The molecule has 0 N–H and O–H groups in total. The van der Waals surface area contributed by atoms with Crippen LogP contribution in [-0.4, -0.2) is 49.7 Å². The smallest absolute Gasteiger partial charge is 0.337 e. The van der Waals surface area contributed by atoms with Gasteiger partial charge in [-0.2, -0.15) is 0 Å². The summed E-state index contributed by atoms with van der Waals surface area (Å²) >= 11 is 0. The van der Waals surface area contributed by atoms with E-state index in [9.17, 15) is 13.2 Å². The highest BCUT2D eigenvalue weighted by atomic mass is 32.2. The topological polar surface area (TPSA) is 72.9 Å². The zero-order chi connectivity index (χ0) is 19.8. The van der Waals surface area contributed by atoms with Gasteiger partial charge in [0.2, 0.25) is 10.0 Å². The van der Waals surface area contributed by atoms with Gasteiger partial charge >= 0.3 is 5.97 Å². The van der Waals surface area contributed by atoms with Crippen molar-refractivity contribution in [1.29, 1.82) is 0 Å². The van der Waals surface area contributed by atoms with Crippen LogP contribution in [0, 0.1) is 0 Å². The van der Waals surface area contributed by atoms with Crippen LogP contribution in [0.5, 0.6) is 5.75 Å². The monoisotopic (exact) mass is 407 g/mol. The van der Waals surface area contributed by atoms with Crippen molar-refractivity contribution >= 4 is 16.0 Å². The lowest BCUT2D eigenvalue weighted by molar-refractivity contribution is 0.00155. The number of ether oxygens (including phenoxy) is 2. The van der Waals surface area contributed by atoms with Crippen molar-refractivity contribution in [3.63, 3.8) is 0 Å². The Labute approximate surface area is 167 Å². The Morgan fingerprint density at radius 3 is 2.54 bits per heavy atom. The number of aryl methyl sites for hydroxylation is 1. The molecule has 2 fully saturated rings. The molecule has 1 saturated heterocycles. The van der Waals surface area contributed by atoms with E-state index in [1.165, 1.54) is 7.11 Å². The van der Waals surface area contributed by atoms with Gasteiger partial charge in [0.25, 0.3) is 0 Å². The fraction of sp³-hybridized carbons (Fsp3) is 0.667. The number of nitrogens with zero attached hydrogens (tertiary/aromatic N) is 1. The van der Waals surface area contributed by atoms with E-state index in [0.29, 0.717) is 18.7 Å². The van der Waals surface area contributed by atoms with Crippen molar-refractivity contribution in [2.45, 2.75) is 68.6 Å². The Morgan fingerprint density at radius 1 is 1.14 bits per heavy atom. The summed E-state index contributed by atoms with van der Waals surface area (Å²) in [6.45, 7) is 1.07. The SMILES string of the molecule is COC(=O)c1ccc2c(c1)CCC1(CCN(S(=O)(=O)C3CCCCC3)CC1)O2. The molecule has 0 bridgehead atoms. The summed E-state index contributed by atoms with van der Waals surface area (Å²) in [6.07, 6.45) is 7.92. The van der Waals surface area contributed by atoms with Crippen molar-refractivity contribution < 1.29 is 22.7 Å². The van der Waals surface area contributed by atoms with Gasteiger partial charge in [-0.05, 0) is 49.4 Å². The molecule has 1 aromatic carbocycles. The van der Waals surface area contributed by atoms with Gasteiger partial charge in [-0.25, -0.2) is 17.5 Å². The fourth-order valence-corrected chi connectivity index (χ4v) is 6.88. The number of rotatable bonds is 3. The van der Waals surface area contributed by atoms with E-state index in [1.54, 1.807) is 10.4 Å². The summed E-state index contributed by atoms with van der Waals surface area (Å²) in [6, 6.07) is 5.41. The van der Waals surface area contributed by atoms with Crippen molar-refractivity contribution in [1.82, 2.24) is 4.31 Å². The van der Waals surface area contributed by atoms with Crippen LogP contribution in [0.25, 0.3) is 0 Å². The molecule has 0 aromatic heterocycles. The predicted octanol–water partition coefficient (Wildman–Crippen LogP) is 3.30. The predicted molar refractivity (Wildman–Crippen MR) is 106 cm³/mol. The van der Waals surface area contributed by atoms with Gasteiger partial charge in [0, 0.05) is 25.9 Å². The average Bonchev–Trinajstić information content (AvgIpc) is 2.74. The highest BCUT2D eigenvalue weighted by Crippen LogP contribution is 2.41. The molecule has 1 saturated carbocycles. The van der Waals surface area contributed by atoms with Crippen molar-refractivity contribution in [3.8, 4) is 5.75 Å². The highest BCUT2D eigenvalue weighted by Gasteiger charge is 2.43. The van der Waals surface area contributed by atoms with E-state index in [-0.39, 0.29) is 16.8 Å². The zero-order valence-electron chi connectivity index (χ0n) is 16.5. The number of carbonyl (C=O) groups is 1. The number of methoxy groups -OCH3 is 1. The van der Waals surface area contributed by atoms with E-state index in [4.69, 9.17) is 9.47 Å². The molecule has 154 valence electrons. The Morgan fingerprint density at radius 2 is 1.86 bits per heavy atom. The lowest BCUT2D eigenvalue weighted by atomic mass is 9.83. The number of fused-ring (bicyclic) bond motifs is 1. The Balaban J connectivity index is 1.43. The van der Waals surface area contributed by atoms with E-state index < -0.39 is 10.0 Å². The summed E-state index contributed by atoms with van der Waals surface area (Å²) in [4.78, 5) is 11.7. The Bertz CT molecular complexity index is 836. The van der Waals surface area contributed by atoms with Crippen molar-refractivity contribution in [2.75, 3.05) is 20.2 Å². The molecule has 1 aromatic rings. The van der Waals surface area contributed by atoms with Gasteiger partial charge < -0.3 is 9.47 Å². The third-order valence-corrected chi connectivity index (χ3v) is 9.02. The molecule has 0 radical (unpaired) electrons. The van der Waals surface area contributed by atoms with E-state index in [2.05, 4.69) is 0 Å². The Kier molecular flexibility index (Phi) is 5.40. The maximum Gasteiger partial charge on any atom is 0.337 e. The average molecular weight is 408 g/mol. The van der Waals surface area contributed by atoms with Gasteiger partial charge in [0.1, 0.15) is 11.4 Å². The second-order valence-corrected chi connectivity index (χ2v) is 10.5. The highest BCUT2D eigenvalue weighted by molar-refractivity contribution is 7.89. The molecule has 0 unspecified atom stereocenters. The molecular formula is C21H29NO5S. The molecule has 4 rings (SSSR count). The molecule has 2 heterocycles. The normalized spacial score (nSPS) is 23.0. The van der Waals surface area contributed by atoms with Crippen LogP contribution in [0.3, 0.4) is 0 Å². The van der Waals surface area contributed by atoms with Crippen LogP contribution in [0.15, 0.2) is 18.2 Å². The van der Waals surface area contributed by atoms with Crippen LogP contribution in [0.2, 0.25) is 0 Å². The minimum Gasteiger partial charge on any atom is -0.487 e. The van der Waals surface area contributed by atoms with Crippen molar-refractivity contribution in [2.24, 2.45) is 0 Å². The van der Waals surface area contributed by atoms with Gasteiger partial charge in [0.15, 0.2) is 0 Å². The number of sulfonamides is 1. The zero-order valence-corrected chi connectivity index (χ0v) is 17.3. The molecule has 1 aliphatic carbocycles. The quantitative estimate of drug-likeness (QED) is 0.719. The first-order chi connectivity index (χ1) is 13.4. The number of carbonyl (C=O) groups excluding carboxylic acids is 1. The van der Waals surface area contributed by atoms with Crippen molar-refractivity contribution in [3.05, 3.63) is 29.3 Å². The van der Waals surface area contributed by atoms with Crippen LogP contribution >= 0.6 is 0 Å². The molecule has 0 atom stereocenters. The second kappa shape index (κ2) is 7.67. The first-order valence-electron chi connectivity index (χ1n) is 10.3.